The second-order valence-corrected chi connectivity index (χ2v) is 5.07. The highest BCUT2D eigenvalue weighted by molar-refractivity contribution is 5.77. The number of methoxy groups -OCH3 is 1. The number of ether oxygens (including phenoxy) is 2. The van der Waals surface area contributed by atoms with Crippen LogP contribution in [-0.4, -0.2) is 43.3 Å². The SMILES string of the molecule is CCC(N)Cc1ccc(OCC(=O)NC(C)COC)cn1. The number of carbonyl (C=O) groups is 1. The van der Waals surface area contributed by atoms with E-state index in [0.29, 0.717) is 12.4 Å². The lowest BCUT2D eigenvalue weighted by Crippen LogP contribution is -2.38. The molecule has 0 aromatic carbocycles. The van der Waals surface area contributed by atoms with Gasteiger partial charge in [-0.15, -0.1) is 0 Å². The summed E-state index contributed by atoms with van der Waals surface area (Å²) in [5.74, 6) is 0.384. The van der Waals surface area contributed by atoms with Gasteiger partial charge in [0.25, 0.3) is 5.91 Å². The van der Waals surface area contributed by atoms with Gasteiger partial charge in [-0.2, -0.15) is 0 Å². The summed E-state index contributed by atoms with van der Waals surface area (Å²) in [6.07, 6.45) is 3.27. The lowest BCUT2D eigenvalue weighted by atomic mass is 10.1. The monoisotopic (exact) mass is 295 g/mol. The second-order valence-electron chi connectivity index (χ2n) is 5.07. The van der Waals surface area contributed by atoms with Gasteiger partial charge in [-0.1, -0.05) is 6.92 Å². The summed E-state index contributed by atoms with van der Waals surface area (Å²) in [6, 6.07) is 3.76. The molecule has 0 spiro atoms. The van der Waals surface area contributed by atoms with Crippen LogP contribution in [0.3, 0.4) is 0 Å². The Balaban J connectivity index is 2.37. The van der Waals surface area contributed by atoms with Gasteiger partial charge in [0, 0.05) is 31.3 Å². The van der Waals surface area contributed by atoms with Crippen LogP contribution in [0.5, 0.6) is 5.75 Å². The number of nitrogens with zero attached hydrogens (tertiary/aromatic N) is 1. The van der Waals surface area contributed by atoms with Crippen molar-refractivity contribution in [1.82, 2.24) is 10.3 Å². The summed E-state index contributed by atoms with van der Waals surface area (Å²) in [6.45, 7) is 4.35. The molecule has 1 amide bonds. The normalized spacial score (nSPS) is 13.5. The highest BCUT2D eigenvalue weighted by Crippen LogP contribution is 2.10. The first-order valence-corrected chi connectivity index (χ1v) is 7.16. The zero-order chi connectivity index (χ0) is 15.7. The number of hydrogen-bond acceptors (Lipinski definition) is 5. The molecule has 6 nitrogen and oxygen atoms in total. The highest BCUT2D eigenvalue weighted by Gasteiger charge is 2.08. The molecule has 0 bridgehead atoms. The molecule has 0 saturated heterocycles. The molecule has 118 valence electrons. The average molecular weight is 295 g/mol. The van der Waals surface area contributed by atoms with Crippen LogP contribution in [0.25, 0.3) is 0 Å². The molecule has 1 aromatic heterocycles. The van der Waals surface area contributed by atoms with Crippen molar-refractivity contribution in [3.05, 3.63) is 24.0 Å². The van der Waals surface area contributed by atoms with Crippen LogP contribution in [0.2, 0.25) is 0 Å². The molecule has 0 aliphatic carbocycles. The third-order valence-corrected chi connectivity index (χ3v) is 2.99. The summed E-state index contributed by atoms with van der Waals surface area (Å²) < 4.78 is 10.3. The zero-order valence-corrected chi connectivity index (χ0v) is 13.0. The Morgan fingerprint density at radius 1 is 1.48 bits per heavy atom. The minimum Gasteiger partial charge on any atom is -0.482 e. The first-order valence-electron chi connectivity index (χ1n) is 7.16. The van der Waals surface area contributed by atoms with Gasteiger partial charge in [-0.25, -0.2) is 0 Å². The van der Waals surface area contributed by atoms with Crippen molar-refractivity contribution >= 4 is 5.91 Å². The number of nitrogens with one attached hydrogen (secondary N) is 1. The van der Waals surface area contributed by atoms with E-state index in [-0.39, 0.29) is 24.6 Å². The van der Waals surface area contributed by atoms with Crippen LogP contribution < -0.4 is 15.8 Å². The molecular formula is C15H25N3O3. The van der Waals surface area contributed by atoms with Crippen LogP contribution in [0.4, 0.5) is 0 Å². The Bertz CT molecular complexity index is 423. The number of hydrogen-bond donors (Lipinski definition) is 2. The Morgan fingerprint density at radius 3 is 2.81 bits per heavy atom. The summed E-state index contributed by atoms with van der Waals surface area (Å²) in [5.41, 5.74) is 6.80. The molecule has 0 aliphatic rings. The smallest absolute Gasteiger partial charge is 0.258 e. The topological polar surface area (TPSA) is 86.5 Å². The quantitative estimate of drug-likeness (QED) is 0.706. The fourth-order valence-corrected chi connectivity index (χ4v) is 1.79. The maximum atomic E-state index is 11.6. The molecule has 0 fully saturated rings. The van der Waals surface area contributed by atoms with Crippen molar-refractivity contribution < 1.29 is 14.3 Å². The highest BCUT2D eigenvalue weighted by atomic mass is 16.5. The lowest BCUT2D eigenvalue weighted by Gasteiger charge is -2.13. The summed E-state index contributed by atoms with van der Waals surface area (Å²) in [4.78, 5) is 15.9. The van der Waals surface area contributed by atoms with Crippen molar-refractivity contribution in [3.8, 4) is 5.75 Å². The van der Waals surface area contributed by atoms with Gasteiger partial charge in [-0.3, -0.25) is 9.78 Å². The molecule has 0 radical (unpaired) electrons. The van der Waals surface area contributed by atoms with Crippen molar-refractivity contribution in [2.24, 2.45) is 5.73 Å². The van der Waals surface area contributed by atoms with Gasteiger partial charge in [-0.05, 0) is 25.5 Å². The molecule has 21 heavy (non-hydrogen) atoms. The van der Waals surface area contributed by atoms with Crippen LogP contribution in [0, 0.1) is 0 Å². The first kappa shape index (κ1) is 17.4. The van der Waals surface area contributed by atoms with Gasteiger partial charge in [0.15, 0.2) is 6.61 Å². The van der Waals surface area contributed by atoms with Gasteiger partial charge in [0.05, 0.1) is 12.8 Å². The minimum atomic E-state index is -0.184. The predicted octanol–water partition coefficient (Wildman–Crippen LogP) is 0.891. The van der Waals surface area contributed by atoms with Crippen LogP contribution in [0.1, 0.15) is 26.0 Å². The van der Waals surface area contributed by atoms with E-state index in [1.165, 1.54) is 0 Å². The van der Waals surface area contributed by atoms with E-state index in [1.54, 1.807) is 19.4 Å². The van der Waals surface area contributed by atoms with Gasteiger partial charge in [0.1, 0.15) is 5.75 Å². The molecule has 2 unspecified atom stereocenters. The van der Waals surface area contributed by atoms with Crippen LogP contribution in [-0.2, 0) is 16.0 Å². The molecular weight excluding hydrogens is 270 g/mol. The summed E-state index contributed by atoms with van der Waals surface area (Å²) >= 11 is 0. The fourth-order valence-electron chi connectivity index (χ4n) is 1.79. The third kappa shape index (κ3) is 7.06. The number of aromatic nitrogens is 1. The number of carbonyl (C=O) groups excluding carboxylic acids is 1. The third-order valence-electron chi connectivity index (χ3n) is 2.99. The molecule has 2 atom stereocenters. The molecule has 3 N–H and O–H groups in total. The zero-order valence-electron chi connectivity index (χ0n) is 13.0. The summed E-state index contributed by atoms with van der Waals surface area (Å²) in [7, 11) is 1.59. The van der Waals surface area contributed by atoms with Gasteiger partial charge >= 0.3 is 0 Å². The molecule has 0 aliphatic heterocycles. The number of amides is 1. The molecule has 0 saturated carbocycles. The van der Waals surface area contributed by atoms with Crippen LogP contribution in [0.15, 0.2) is 18.3 Å². The first-order chi connectivity index (χ1) is 10.0. The molecule has 1 heterocycles. The largest absolute Gasteiger partial charge is 0.482 e. The van der Waals surface area contributed by atoms with E-state index in [9.17, 15) is 4.79 Å². The lowest BCUT2D eigenvalue weighted by molar-refractivity contribution is -0.124. The van der Waals surface area contributed by atoms with E-state index in [0.717, 1.165) is 18.5 Å². The van der Waals surface area contributed by atoms with E-state index in [4.69, 9.17) is 15.2 Å². The van der Waals surface area contributed by atoms with Gasteiger partial charge in [0.2, 0.25) is 0 Å². The standard InChI is InChI=1S/C15H25N3O3/c1-4-12(16)7-13-5-6-14(8-17-13)21-10-15(19)18-11(2)9-20-3/h5-6,8,11-12H,4,7,9-10,16H2,1-3H3,(H,18,19). The summed E-state index contributed by atoms with van der Waals surface area (Å²) in [5, 5.41) is 2.77. The molecule has 1 rings (SSSR count). The number of rotatable bonds is 9. The number of nitrogens with two attached hydrogens (primary N) is 1. The second kappa shape index (κ2) is 9.31. The van der Waals surface area contributed by atoms with Crippen molar-refractivity contribution in [2.75, 3.05) is 20.3 Å². The van der Waals surface area contributed by atoms with E-state index in [1.807, 2.05) is 19.9 Å². The van der Waals surface area contributed by atoms with E-state index >= 15 is 0 Å². The Labute approximate surface area is 126 Å². The van der Waals surface area contributed by atoms with Crippen molar-refractivity contribution in [3.63, 3.8) is 0 Å². The number of pyridine rings is 1. The Morgan fingerprint density at radius 2 is 2.24 bits per heavy atom. The average Bonchev–Trinajstić information content (AvgIpc) is 2.46. The van der Waals surface area contributed by atoms with Crippen molar-refractivity contribution in [1.29, 1.82) is 0 Å². The maximum Gasteiger partial charge on any atom is 0.258 e. The molecule has 6 heteroatoms. The fraction of sp³-hybridized carbons (Fsp3) is 0.600. The molecule has 1 aromatic rings. The maximum absolute atomic E-state index is 11.6. The van der Waals surface area contributed by atoms with E-state index < -0.39 is 0 Å². The van der Waals surface area contributed by atoms with Gasteiger partial charge < -0.3 is 20.5 Å². The van der Waals surface area contributed by atoms with Crippen LogP contribution >= 0.6 is 0 Å². The van der Waals surface area contributed by atoms with E-state index in [2.05, 4.69) is 10.3 Å². The predicted molar refractivity (Wildman–Crippen MR) is 81.2 cm³/mol. The minimum absolute atomic E-state index is 0.0381. The Hall–Kier alpha value is -1.66. The Kier molecular flexibility index (Phi) is 7.71. The van der Waals surface area contributed by atoms with Crippen molar-refractivity contribution in [2.45, 2.75) is 38.8 Å².